The molecule has 7 heteroatoms. The summed E-state index contributed by atoms with van der Waals surface area (Å²) in [5.41, 5.74) is 5.58. The van der Waals surface area contributed by atoms with Crippen LogP contribution in [0.4, 0.5) is 4.79 Å². The lowest BCUT2D eigenvalue weighted by molar-refractivity contribution is -0.123. The maximum absolute atomic E-state index is 12.0. The van der Waals surface area contributed by atoms with E-state index in [0.29, 0.717) is 5.57 Å². The van der Waals surface area contributed by atoms with Gasteiger partial charge in [0.25, 0.3) is 0 Å². The van der Waals surface area contributed by atoms with Crippen molar-refractivity contribution in [2.45, 2.75) is 12.1 Å². The van der Waals surface area contributed by atoms with Crippen molar-refractivity contribution in [3.8, 4) is 0 Å². The number of primary amides is 1. The van der Waals surface area contributed by atoms with Gasteiger partial charge in [-0.3, -0.25) is 9.63 Å². The number of carbonyl (C=O) groups excluding carboxylic acids is 2. The number of aliphatic hydroxyl groups excluding tert-OH is 1. The van der Waals surface area contributed by atoms with Gasteiger partial charge in [0.15, 0.2) is 0 Å². The largest absolute Gasteiger partial charge is 0.394 e. The summed E-state index contributed by atoms with van der Waals surface area (Å²) >= 11 is 0. The fraction of sp³-hybridized carbons (Fsp3) is 0.455. The summed E-state index contributed by atoms with van der Waals surface area (Å²) < 4.78 is 0. The van der Waals surface area contributed by atoms with Crippen molar-refractivity contribution in [2.24, 2.45) is 5.73 Å². The number of nitrogens with two attached hydrogens (primary N) is 1. The SMILES string of the molecule is C=CCON1C(=O)N2C[C@H]1C(C(N)=O)=C[C@H]2CO. The molecule has 3 amide bonds. The topological polar surface area (TPSA) is 96.1 Å². The van der Waals surface area contributed by atoms with Gasteiger partial charge in [0, 0.05) is 5.57 Å². The average Bonchev–Trinajstić information content (AvgIpc) is 2.62. The summed E-state index contributed by atoms with van der Waals surface area (Å²) in [4.78, 5) is 30.1. The van der Waals surface area contributed by atoms with Crippen molar-refractivity contribution >= 4 is 11.9 Å². The molecule has 0 aliphatic carbocycles. The molecule has 0 spiro atoms. The lowest BCUT2D eigenvalue weighted by Gasteiger charge is -2.26. The average molecular weight is 253 g/mol. The highest BCUT2D eigenvalue weighted by molar-refractivity contribution is 5.96. The highest BCUT2D eigenvalue weighted by Gasteiger charge is 2.47. The third kappa shape index (κ3) is 1.87. The molecule has 1 fully saturated rings. The number of nitrogens with zero attached hydrogens (tertiary/aromatic N) is 2. The predicted molar refractivity (Wildman–Crippen MR) is 62.0 cm³/mol. The molecule has 2 heterocycles. The lowest BCUT2D eigenvalue weighted by atomic mass is 10.00. The molecule has 3 N–H and O–H groups in total. The molecule has 0 unspecified atom stereocenters. The van der Waals surface area contributed by atoms with Crippen molar-refractivity contribution in [1.29, 1.82) is 0 Å². The van der Waals surface area contributed by atoms with Crippen LogP contribution in [0.2, 0.25) is 0 Å². The summed E-state index contributed by atoms with van der Waals surface area (Å²) in [7, 11) is 0. The van der Waals surface area contributed by atoms with Crippen LogP contribution in [0.5, 0.6) is 0 Å². The minimum atomic E-state index is -0.611. The van der Waals surface area contributed by atoms with Gasteiger partial charge >= 0.3 is 6.03 Å². The normalized spacial score (nSPS) is 26.3. The molecule has 0 aromatic rings. The van der Waals surface area contributed by atoms with Crippen LogP contribution in [0.3, 0.4) is 0 Å². The molecule has 2 rings (SSSR count). The van der Waals surface area contributed by atoms with Crippen LogP contribution in [0, 0.1) is 0 Å². The first-order valence-electron chi connectivity index (χ1n) is 5.56. The number of rotatable bonds is 5. The highest BCUT2D eigenvalue weighted by Crippen LogP contribution is 2.29. The molecule has 0 aromatic heterocycles. The molecule has 2 aliphatic heterocycles. The fourth-order valence-corrected chi connectivity index (χ4v) is 2.18. The molecule has 2 atom stereocenters. The molecule has 0 aromatic carbocycles. The van der Waals surface area contributed by atoms with E-state index in [4.69, 9.17) is 10.6 Å². The van der Waals surface area contributed by atoms with Crippen LogP contribution < -0.4 is 5.73 Å². The maximum atomic E-state index is 12.0. The number of carbonyl (C=O) groups is 2. The number of hydrogen-bond donors (Lipinski definition) is 2. The van der Waals surface area contributed by atoms with Crippen LogP contribution in [-0.4, -0.2) is 58.9 Å². The molecular formula is C11H15N3O4. The van der Waals surface area contributed by atoms with Crippen molar-refractivity contribution < 1.29 is 19.5 Å². The second-order valence-corrected chi connectivity index (χ2v) is 4.10. The summed E-state index contributed by atoms with van der Waals surface area (Å²) in [6.45, 7) is 3.68. The smallest absolute Gasteiger partial charge is 0.345 e. The lowest BCUT2D eigenvalue weighted by Crippen LogP contribution is -2.42. The van der Waals surface area contributed by atoms with Crippen LogP contribution in [-0.2, 0) is 9.63 Å². The standard InChI is InChI=1S/C11H15N3O4/c1-2-3-18-14-9-5-13(11(14)17)7(6-15)4-8(9)10(12)16/h2,4,7,9,15H,1,3,5-6H2,(H2,12,16)/t7-,9-/m0/s1. The Morgan fingerprint density at radius 1 is 1.72 bits per heavy atom. The zero-order valence-corrected chi connectivity index (χ0v) is 9.78. The van der Waals surface area contributed by atoms with E-state index in [1.807, 2.05) is 0 Å². The molecule has 1 saturated heterocycles. The van der Waals surface area contributed by atoms with Crippen LogP contribution in [0.15, 0.2) is 24.3 Å². The van der Waals surface area contributed by atoms with E-state index in [1.165, 1.54) is 17.1 Å². The van der Waals surface area contributed by atoms with Gasteiger partial charge in [0.05, 0.1) is 25.8 Å². The molecule has 18 heavy (non-hydrogen) atoms. The number of hydrogen-bond acceptors (Lipinski definition) is 4. The minimum Gasteiger partial charge on any atom is -0.394 e. The molecule has 0 saturated carbocycles. The Bertz CT molecular complexity index is 421. The summed E-state index contributed by atoms with van der Waals surface area (Å²) in [6, 6.07) is -1.43. The second-order valence-electron chi connectivity index (χ2n) is 4.10. The summed E-state index contributed by atoms with van der Waals surface area (Å²) in [5.74, 6) is -0.611. The molecule has 98 valence electrons. The van der Waals surface area contributed by atoms with E-state index in [9.17, 15) is 14.7 Å². The van der Waals surface area contributed by atoms with Crippen LogP contribution in [0.25, 0.3) is 0 Å². The summed E-state index contributed by atoms with van der Waals surface area (Å²) in [5, 5.41) is 10.3. The number of aliphatic hydroxyl groups is 1. The first kappa shape index (κ1) is 12.6. The number of fused-ring (bicyclic) bond motifs is 2. The van der Waals surface area contributed by atoms with Crippen LogP contribution >= 0.6 is 0 Å². The minimum absolute atomic E-state index is 0.159. The van der Waals surface area contributed by atoms with Gasteiger partial charge in [-0.25, -0.2) is 4.79 Å². The first-order valence-corrected chi connectivity index (χ1v) is 5.56. The van der Waals surface area contributed by atoms with E-state index in [-0.39, 0.29) is 25.8 Å². The second kappa shape index (κ2) is 4.79. The Morgan fingerprint density at radius 2 is 2.44 bits per heavy atom. The summed E-state index contributed by atoms with van der Waals surface area (Å²) in [6.07, 6.45) is 3.02. The van der Waals surface area contributed by atoms with Gasteiger partial charge in [-0.1, -0.05) is 6.08 Å². The monoisotopic (exact) mass is 253 g/mol. The first-order chi connectivity index (χ1) is 8.60. The Morgan fingerprint density at radius 3 is 3.00 bits per heavy atom. The van der Waals surface area contributed by atoms with Crippen molar-refractivity contribution in [3.05, 3.63) is 24.3 Å². The Kier molecular flexibility index (Phi) is 3.35. The number of hydroxylamine groups is 2. The van der Waals surface area contributed by atoms with Crippen molar-refractivity contribution in [3.63, 3.8) is 0 Å². The Labute approximate surface area is 104 Å². The fourth-order valence-electron chi connectivity index (χ4n) is 2.18. The maximum Gasteiger partial charge on any atom is 0.345 e. The van der Waals surface area contributed by atoms with Gasteiger partial charge in [-0.05, 0) is 6.08 Å². The quantitative estimate of drug-likeness (QED) is 0.614. The Hall–Kier alpha value is -1.86. The molecule has 0 radical (unpaired) electrons. The van der Waals surface area contributed by atoms with E-state index in [1.54, 1.807) is 0 Å². The van der Waals surface area contributed by atoms with Crippen molar-refractivity contribution in [2.75, 3.05) is 19.8 Å². The van der Waals surface area contributed by atoms with E-state index in [2.05, 4.69) is 6.58 Å². The Balaban J connectivity index is 2.29. The third-order valence-corrected chi connectivity index (χ3v) is 3.02. The predicted octanol–water partition coefficient (Wildman–Crippen LogP) is -1.00. The van der Waals surface area contributed by atoms with Crippen LogP contribution in [0.1, 0.15) is 0 Å². The van der Waals surface area contributed by atoms with Gasteiger partial charge < -0.3 is 15.7 Å². The zero-order valence-electron chi connectivity index (χ0n) is 9.78. The number of urea groups is 1. The third-order valence-electron chi connectivity index (χ3n) is 3.02. The molecular weight excluding hydrogens is 238 g/mol. The molecule has 2 bridgehead atoms. The van der Waals surface area contributed by atoms with Gasteiger partial charge in [-0.15, -0.1) is 6.58 Å². The van der Waals surface area contributed by atoms with Gasteiger partial charge in [-0.2, -0.15) is 5.06 Å². The van der Waals surface area contributed by atoms with Crippen molar-refractivity contribution in [1.82, 2.24) is 9.96 Å². The van der Waals surface area contributed by atoms with Gasteiger partial charge in [0.2, 0.25) is 5.91 Å². The number of amides is 3. The zero-order chi connectivity index (χ0) is 13.3. The molecule has 7 nitrogen and oxygen atoms in total. The van der Waals surface area contributed by atoms with Gasteiger partial charge in [0.1, 0.15) is 6.04 Å². The van der Waals surface area contributed by atoms with E-state index >= 15 is 0 Å². The molecule has 2 aliphatic rings. The van der Waals surface area contributed by atoms with E-state index < -0.39 is 18.0 Å². The van der Waals surface area contributed by atoms with E-state index in [0.717, 1.165) is 5.06 Å². The highest BCUT2D eigenvalue weighted by atomic mass is 16.7.